The minimum atomic E-state index is -0.341. The summed E-state index contributed by atoms with van der Waals surface area (Å²) in [6.45, 7) is 0. The number of primary amides is 1. The van der Waals surface area contributed by atoms with E-state index in [0.717, 1.165) is 20.9 Å². The Balaban J connectivity index is 1.76. The molecule has 2 N–H and O–H groups in total. The van der Waals surface area contributed by atoms with Crippen molar-refractivity contribution in [2.75, 3.05) is 11.5 Å². The number of hydrogen-bond donors (Lipinski definition) is 1. The van der Waals surface area contributed by atoms with Crippen LogP contribution in [0.3, 0.4) is 0 Å². The highest BCUT2D eigenvalue weighted by Gasteiger charge is 2.06. The van der Waals surface area contributed by atoms with Gasteiger partial charge in [-0.3, -0.25) is 9.78 Å². The predicted molar refractivity (Wildman–Crippen MR) is 78.5 cm³/mol. The van der Waals surface area contributed by atoms with Crippen molar-refractivity contribution in [2.24, 2.45) is 5.73 Å². The van der Waals surface area contributed by atoms with Crippen molar-refractivity contribution in [3.8, 4) is 0 Å². The number of rotatable bonds is 7. The van der Waals surface area contributed by atoms with E-state index in [1.54, 1.807) is 24.2 Å². The Hall–Kier alpha value is -1.12. The summed E-state index contributed by atoms with van der Waals surface area (Å²) in [5.74, 6) is 0.849. The monoisotopic (exact) mass is 312 g/mol. The van der Waals surface area contributed by atoms with Gasteiger partial charge in [0.25, 0.3) is 0 Å². The van der Waals surface area contributed by atoms with Crippen molar-refractivity contribution in [3.63, 3.8) is 0 Å². The average Bonchev–Trinajstić information content (AvgIpc) is 2.86. The molecule has 0 fully saturated rings. The quantitative estimate of drug-likeness (QED) is 0.786. The summed E-state index contributed by atoms with van der Waals surface area (Å²) in [6.07, 6.45) is 4.56. The van der Waals surface area contributed by atoms with Gasteiger partial charge in [-0.2, -0.15) is 0 Å². The van der Waals surface area contributed by atoms with Crippen LogP contribution in [0.2, 0.25) is 0 Å². The largest absolute Gasteiger partial charge is 0.369 e. The Kier molecular flexibility index (Phi) is 5.62. The van der Waals surface area contributed by atoms with E-state index in [2.05, 4.69) is 15.2 Å². The number of amides is 1. The highest BCUT2D eigenvalue weighted by Crippen LogP contribution is 2.28. The number of nitrogens with zero attached hydrogens (tertiary/aromatic N) is 3. The molecular weight excluding hydrogens is 300 g/mol. The molecule has 100 valence electrons. The number of nitrogens with two attached hydrogens (primary N) is 1. The zero-order chi connectivity index (χ0) is 13.5. The number of aromatic nitrogens is 3. The molecule has 0 spiro atoms. The van der Waals surface area contributed by atoms with Gasteiger partial charge in [0.2, 0.25) is 5.91 Å². The highest BCUT2D eigenvalue weighted by atomic mass is 32.2. The number of pyridine rings is 1. The van der Waals surface area contributed by atoms with E-state index in [4.69, 9.17) is 5.73 Å². The Morgan fingerprint density at radius 1 is 1.21 bits per heavy atom. The van der Waals surface area contributed by atoms with Crippen molar-refractivity contribution in [1.29, 1.82) is 0 Å². The number of carbonyl (C=O) groups excluding carboxylic acids is 1. The molecule has 2 aromatic rings. The molecule has 8 heteroatoms. The molecule has 0 aliphatic rings. The van der Waals surface area contributed by atoms with Crippen molar-refractivity contribution in [3.05, 3.63) is 30.1 Å². The SMILES string of the molecule is NC(=O)CSc1nnc(SCCc2ccncc2)s1. The van der Waals surface area contributed by atoms with Gasteiger partial charge in [-0.05, 0) is 24.1 Å². The normalized spacial score (nSPS) is 10.5. The lowest BCUT2D eigenvalue weighted by atomic mass is 10.2. The first-order valence-electron chi connectivity index (χ1n) is 5.50. The second kappa shape index (κ2) is 7.46. The smallest absolute Gasteiger partial charge is 0.227 e. The molecule has 0 atom stereocenters. The van der Waals surface area contributed by atoms with Gasteiger partial charge in [0.05, 0.1) is 5.75 Å². The van der Waals surface area contributed by atoms with Gasteiger partial charge < -0.3 is 5.73 Å². The van der Waals surface area contributed by atoms with E-state index in [1.807, 2.05) is 12.1 Å². The average molecular weight is 312 g/mol. The second-order valence-corrected chi connectivity index (χ2v) is 7.08. The molecule has 2 rings (SSSR count). The van der Waals surface area contributed by atoms with Crippen molar-refractivity contribution in [2.45, 2.75) is 15.1 Å². The number of carbonyl (C=O) groups is 1. The predicted octanol–water partition coefficient (Wildman–Crippen LogP) is 1.85. The fraction of sp³-hybridized carbons (Fsp3) is 0.273. The first-order valence-corrected chi connectivity index (χ1v) is 8.29. The van der Waals surface area contributed by atoms with E-state index >= 15 is 0 Å². The summed E-state index contributed by atoms with van der Waals surface area (Å²) in [4.78, 5) is 14.6. The minimum Gasteiger partial charge on any atom is -0.369 e. The molecule has 0 saturated carbocycles. The molecule has 19 heavy (non-hydrogen) atoms. The zero-order valence-electron chi connectivity index (χ0n) is 9.98. The van der Waals surface area contributed by atoms with Crippen LogP contribution in [-0.4, -0.2) is 32.6 Å². The van der Waals surface area contributed by atoms with Crippen LogP contribution in [0.4, 0.5) is 0 Å². The van der Waals surface area contributed by atoms with Crippen LogP contribution in [0.15, 0.2) is 33.2 Å². The molecule has 2 heterocycles. The summed E-state index contributed by atoms with van der Waals surface area (Å²) in [5.41, 5.74) is 6.34. The van der Waals surface area contributed by atoms with Crippen LogP contribution in [0.1, 0.15) is 5.56 Å². The lowest BCUT2D eigenvalue weighted by molar-refractivity contribution is -0.115. The third kappa shape index (κ3) is 5.17. The van der Waals surface area contributed by atoms with Crippen LogP contribution >= 0.6 is 34.9 Å². The third-order valence-corrected chi connectivity index (χ3v) is 5.31. The molecule has 0 bridgehead atoms. The molecule has 5 nitrogen and oxygen atoms in total. The van der Waals surface area contributed by atoms with Crippen LogP contribution in [0.25, 0.3) is 0 Å². The molecule has 0 saturated heterocycles. The number of thioether (sulfide) groups is 2. The standard InChI is InChI=1S/C11H12N4OS3/c12-9(16)7-18-11-15-14-10(19-11)17-6-3-8-1-4-13-5-2-8/h1-2,4-5H,3,6-7H2,(H2,12,16). The zero-order valence-corrected chi connectivity index (χ0v) is 12.4. The van der Waals surface area contributed by atoms with E-state index in [-0.39, 0.29) is 11.7 Å². The first-order chi connectivity index (χ1) is 9.24. The van der Waals surface area contributed by atoms with Gasteiger partial charge in [0, 0.05) is 18.1 Å². The maximum absolute atomic E-state index is 10.7. The van der Waals surface area contributed by atoms with Gasteiger partial charge >= 0.3 is 0 Å². The Morgan fingerprint density at radius 3 is 2.58 bits per heavy atom. The van der Waals surface area contributed by atoms with Gasteiger partial charge in [-0.25, -0.2) is 0 Å². The summed E-state index contributed by atoms with van der Waals surface area (Å²) in [6, 6.07) is 4.02. The molecule has 0 unspecified atom stereocenters. The van der Waals surface area contributed by atoms with E-state index in [1.165, 1.54) is 28.7 Å². The topological polar surface area (TPSA) is 81.8 Å². The highest BCUT2D eigenvalue weighted by molar-refractivity contribution is 8.03. The van der Waals surface area contributed by atoms with Crippen LogP contribution in [0, 0.1) is 0 Å². The van der Waals surface area contributed by atoms with Crippen LogP contribution in [-0.2, 0) is 11.2 Å². The first kappa shape index (κ1) is 14.3. The summed E-state index contributed by atoms with van der Waals surface area (Å²) in [5, 5.41) is 8.08. The molecular formula is C11H12N4OS3. The molecule has 0 aliphatic heterocycles. The van der Waals surface area contributed by atoms with E-state index < -0.39 is 0 Å². The summed E-state index contributed by atoms with van der Waals surface area (Å²) < 4.78 is 1.70. The van der Waals surface area contributed by atoms with Crippen LogP contribution in [0.5, 0.6) is 0 Å². The lowest BCUT2D eigenvalue weighted by Crippen LogP contribution is -2.12. The molecule has 2 aromatic heterocycles. The van der Waals surface area contributed by atoms with E-state index in [0.29, 0.717) is 0 Å². The van der Waals surface area contributed by atoms with Crippen molar-refractivity contribution >= 4 is 40.8 Å². The maximum atomic E-state index is 10.7. The van der Waals surface area contributed by atoms with Gasteiger partial charge in [0.1, 0.15) is 0 Å². The Bertz CT molecular complexity index is 532. The Labute approximate surface area is 123 Å². The van der Waals surface area contributed by atoms with Crippen molar-refractivity contribution < 1.29 is 4.79 Å². The maximum Gasteiger partial charge on any atom is 0.227 e. The molecule has 1 amide bonds. The molecule has 0 aromatic carbocycles. The fourth-order valence-electron chi connectivity index (χ4n) is 1.25. The molecule has 0 radical (unpaired) electrons. The lowest BCUT2D eigenvalue weighted by Gasteiger charge is -1.97. The summed E-state index contributed by atoms with van der Waals surface area (Å²) in [7, 11) is 0. The molecule has 0 aliphatic carbocycles. The van der Waals surface area contributed by atoms with Crippen LogP contribution < -0.4 is 5.73 Å². The van der Waals surface area contributed by atoms with E-state index in [9.17, 15) is 4.79 Å². The minimum absolute atomic E-state index is 0.246. The van der Waals surface area contributed by atoms with Gasteiger partial charge in [-0.15, -0.1) is 10.2 Å². The van der Waals surface area contributed by atoms with Gasteiger partial charge in [-0.1, -0.05) is 34.9 Å². The number of aryl methyl sites for hydroxylation is 1. The Morgan fingerprint density at radius 2 is 1.89 bits per heavy atom. The second-order valence-electron chi connectivity index (χ2n) is 3.54. The van der Waals surface area contributed by atoms with Gasteiger partial charge in [0.15, 0.2) is 8.68 Å². The summed E-state index contributed by atoms with van der Waals surface area (Å²) >= 11 is 4.49. The third-order valence-electron chi connectivity index (χ3n) is 2.09. The number of hydrogen-bond acceptors (Lipinski definition) is 7. The fourth-order valence-corrected chi connectivity index (χ4v) is 4.07. The van der Waals surface area contributed by atoms with Crippen molar-refractivity contribution in [1.82, 2.24) is 15.2 Å².